The first-order chi connectivity index (χ1) is 9.20. The summed E-state index contributed by atoms with van der Waals surface area (Å²) < 4.78 is 13.9. The Labute approximate surface area is 128 Å². The Bertz CT molecular complexity index is 420. The minimum Gasteiger partial charge on any atom is -0.205 e. The molecule has 0 aliphatic carbocycles. The Hall–Kier alpha value is -0.560. The maximum Gasteiger partial charge on any atom is 0.145 e. The van der Waals surface area contributed by atoms with Crippen LogP contribution in [0.5, 0.6) is 0 Å². The van der Waals surface area contributed by atoms with Crippen molar-refractivity contribution in [1.82, 2.24) is 0 Å². The van der Waals surface area contributed by atoms with Crippen molar-refractivity contribution in [2.24, 2.45) is 11.3 Å². The van der Waals surface area contributed by atoms with E-state index in [2.05, 4.69) is 34.6 Å². The topological polar surface area (TPSA) is 0 Å². The highest BCUT2D eigenvalue weighted by Crippen LogP contribution is 2.31. The minimum atomic E-state index is -0.246. The Morgan fingerprint density at radius 2 is 1.80 bits per heavy atom. The van der Waals surface area contributed by atoms with Gasteiger partial charge in [0.25, 0.3) is 0 Å². The van der Waals surface area contributed by atoms with Crippen LogP contribution in [-0.4, -0.2) is 0 Å². The molecule has 1 aromatic rings. The molecule has 2 unspecified atom stereocenters. The average molecular weight is 299 g/mol. The Morgan fingerprint density at radius 3 is 2.40 bits per heavy atom. The summed E-state index contributed by atoms with van der Waals surface area (Å²) in [5.41, 5.74) is 1.14. The third kappa shape index (κ3) is 5.83. The highest BCUT2D eigenvalue weighted by Gasteiger charge is 2.16. The first-order valence-electron chi connectivity index (χ1n) is 7.64. The van der Waals surface area contributed by atoms with Crippen LogP contribution in [0.4, 0.5) is 4.39 Å². The lowest BCUT2D eigenvalue weighted by Gasteiger charge is -2.23. The highest BCUT2D eigenvalue weighted by atomic mass is 35.5. The predicted molar refractivity (Wildman–Crippen MR) is 86.9 cm³/mol. The van der Waals surface area contributed by atoms with Gasteiger partial charge < -0.3 is 0 Å². The molecule has 20 heavy (non-hydrogen) atoms. The molecule has 2 atom stereocenters. The fourth-order valence-corrected chi connectivity index (χ4v) is 3.16. The van der Waals surface area contributed by atoms with Crippen LogP contribution in [0.3, 0.4) is 0 Å². The van der Waals surface area contributed by atoms with Crippen molar-refractivity contribution in [2.75, 3.05) is 0 Å². The average Bonchev–Trinajstić information content (AvgIpc) is 2.30. The summed E-state index contributed by atoms with van der Waals surface area (Å²) in [5.74, 6) is 0.714. The molecule has 0 spiro atoms. The van der Waals surface area contributed by atoms with Crippen LogP contribution in [0.25, 0.3) is 0 Å². The van der Waals surface area contributed by atoms with E-state index in [4.69, 9.17) is 11.6 Å². The molecule has 0 bridgehead atoms. The fraction of sp³-hybridized carbons (Fsp3) is 0.667. The normalized spacial score (nSPS) is 15.2. The van der Waals surface area contributed by atoms with E-state index >= 15 is 0 Å². The SMILES string of the molecule is CC(CCCC(C)c1cccc(Cl)c1F)CC(C)(C)C. The Morgan fingerprint density at radius 1 is 1.15 bits per heavy atom. The second-order valence-corrected chi connectivity index (χ2v) is 7.75. The maximum absolute atomic E-state index is 13.9. The maximum atomic E-state index is 13.9. The monoisotopic (exact) mass is 298 g/mol. The molecule has 1 aromatic carbocycles. The number of hydrogen-bond acceptors (Lipinski definition) is 0. The second-order valence-electron chi connectivity index (χ2n) is 7.34. The molecular formula is C18H28ClF. The molecule has 0 amide bonds. The first kappa shape index (κ1) is 17.5. The van der Waals surface area contributed by atoms with Gasteiger partial charge in [0.05, 0.1) is 5.02 Å². The van der Waals surface area contributed by atoms with Crippen LogP contribution in [-0.2, 0) is 0 Å². The van der Waals surface area contributed by atoms with Gasteiger partial charge in [0.1, 0.15) is 5.82 Å². The van der Waals surface area contributed by atoms with Gasteiger partial charge in [-0.25, -0.2) is 4.39 Å². The van der Waals surface area contributed by atoms with Gasteiger partial charge in [-0.15, -0.1) is 0 Å². The van der Waals surface area contributed by atoms with Crippen molar-refractivity contribution >= 4 is 11.6 Å². The molecular weight excluding hydrogens is 271 g/mol. The first-order valence-corrected chi connectivity index (χ1v) is 8.02. The van der Waals surface area contributed by atoms with Crippen LogP contribution in [0.2, 0.25) is 5.02 Å². The Balaban J connectivity index is 2.44. The zero-order valence-electron chi connectivity index (χ0n) is 13.5. The molecule has 114 valence electrons. The summed E-state index contributed by atoms with van der Waals surface area (Å²) in [6.45, 7) is 11.3. The molecule has 0 aliphatic rings. The van der Waals surface area contributed by atoms with Gasteiger partial charge >= 0.3 is 0 Å². The lowest BCUT2D eigenvalue weighted by molar-refractivity contribution is 0.290. The summed E-state index contributed by atoms with van der Waals surface area (Å²) in [6.07, 6.45) is 4.62. The van der Waals surface area contributed by atoms with Gasteiger partial charge in [-0.05, 0) is 41.7 Å². The lowest BCUT2D eigenvalue weighted by atomic mass is 9.83. The number of hydrogen-bond donors (Lipinski definition) is 0. The van der Waals surface area contributed by atoms with Gasteiger partial charge in [-0.2, -0.15) is 0 Å². The van der Waals surface area contributed by atoms with Crippen LogP contribution in [0.15, 0.2) is 18.2 Å². The van der Waals surface area contributed by atoms with E-state index in [-0.39, 0.29) is 16.8 Å². The van der Waals surface area contributed by atoms with Crippen molar-refractivity contribution in [3.8, 4) is 0 Å². The number of benzene rings is 1. The molecule has 2 heteroatoms. The largest absolute Gasteiger partial charge is 0.205 e. The van der Waals surface area contributed by atoms with Crippen molar-refractivity contribution in [3.05, 3.63) is 34.6 Å². The van der Waals surface area contributed by atoms with Gasteiger partial charge in [-0.1, -0.05) is 71.2 Å². The summed E-state index contributed by atoms with van der Waals surface area (Å²) in [4.78, 5) is 0. The standard InChI is InChI=1S/C18H28ClF/c1-13(12-18(3,4)5)8-6-9-14(2)15-10-7-11-16(19)17(15)20/h7,10-11,13-14H,6,8-9,12H2,1-5H3. The molecule has 0 heterocycles. The molecule has 1 rings (SSSR count). The van der Waals surface area contributed by atoms with E-state index in [1.165, 1.54) is 12.8 Å². The highest BCUT2D eigenvalue weighted by molar-refractivity contribution is 6.30. The molecule has 0 radical (unpaired) electrons. The molecule has 0 fully saturated rings. The van der Waals surface area contributed by atoms with Crippen LogP contribution in [0.1, 0.15) is 71.8 Å². The number of halogens is 2. The minimum absolute atomic E-state index is 0.232. The van der Waals surface area contributed by atoms with E-state index in [1.54, 1.807) is 6.07 Å². The van der Waals surface area contributed by atoms with Crippen molar-refractivity contribution in [1.29, 1.82) is 0 Å². The predicted octanol–water partition coefficient (Wildman–Crippen LogP) is 6.83. The van der Waals surface area contributed by atoms with Crippen LogP contribution < -0.4 is 0 Å². The van der Waals surface area contributed by atoms with E-state index in [9.17, 15) is 4.39 Å². The summed E-state index contributed by atoms with van der Waals surface area (Å²) in [7, 11) is 0. The second kappa shape index (κ2) is 7.45. The van der Waals surface area contributed by atoms with Gasteiger partial charge in [-0.3, -0.25) is 0 Å². The van der Waals surface area contributed by atoms with Crippen molar-refractivity contribution in [3.63, 3.8) is 0 Å². The zero-order valence-corrected chi connectivity index (χ0v) is 14.2. The Kier molecular flexibility index (Phi) is 6.51. The zero-order chi connectivity index (χ0) is 15.3. The van der Waals surface area contributed by atoms with E-state index < -0.39 is 0 Å². The third-order valence-corrected chi connectivity index (χ3v) is 4.10. The molecule has 0 nitrogen and oxygen atoms in total. The van der Waals surface area contributed by atoms with Crippen molar-refractivity contribution < 1.29 is 4.39 Å². The van der Waals surface area contributed by atoms with E-state index in [0.717, 1.165) is 24.3 Å². The summed E-state index contributed by atoms with van der Waals surface area (Å²) in [6, 6.07) is 5.29. The lowest BCUT2D eigenvalue weighted by Crippen LogP contribution is -2.11. The molecule has 0 aliphatic heterocycles. The molecule has 0 aromatic heterocycles. The molecule has 0 saturated heterocycles. The summed E-state index contributed by atoms with van der Waals surface area (Å²) in [5, 5.41) is 0.232. The van der Waals surface area contributed by atoms with E-state index in [1.807, 2.05) is 12.1 Å². The fourth-order valence-electron chi connectivity index (χ4n) is 2.98. The van der Waals surface area contributed by atoms with Crippen LogP contribution in [0, 0.1) is 17.2 Å². The van der Waals surface area contributed by atoms with Gasteiger partial charge in [0, 0.05) is 0 Å². The molecule has 0 N–H and O–H groups in total. The third-order valence-electron chi connectivity index (χ3n) is 3.81. The quantitative estimate of drug-likeness (QED) is 0.540. The number of rotatable bonds is 6. The summed E-state index contributed by atoms with van der Waals surface area (Å²) >= 11 is 5.84. The van der Waals surface area contributed by atoms with Crippen LogP contribution >= 0.6 is 11.6 Å². The van der Waals surface area contributed by atoms with Gasteiger partial charge in [0.15, 0.2) is 0 Å². The smallest absolute Gasteiger partial charge is 0.145 e. The van der Waals surface area contributed by atoms with Crippen molar-refractivity contribution in [2.45, 2.75) is 66.2 Å². The van der Waals surface area contributed by atoms with Gasteiger partial charge in [0.2, 0.25) is 0 Å². The van der Waals surface area contributed by atoms with E-state index in [0.29, 0.717) is 5.41 Å². The molecule has 0 saturated carbocycles.